The number of carboxylic acid groups (broad SMARTS) is 1. The van der Waals surface area contributed by atoms with Crippen molar-refractivity contribution in [2.75, 3.05) is 19.7 Å². The first kappa shape index (κ1) is 29.2. The number of fused-ring (bicyclic) bond motifs is 7. The fraction of sp³-hybridized carbons (Fsp3) is 0.219. The van der Waals surface area contributed by atoms with E-state index in [1.807, 2.05) is 41.3 Å². The second kappa shape index (κ2) is 13.6. The first-order valence-electron chi connectivity index (χ1n) is 13.7. The summed E-state index contributed by atoms with van der Waals surface area (Å²) >= 11 is 0. The van der Waals surface area contributed by atoms with E-state index in [4.69, 9.17) is 19.4 Å². The molecule has 1 atom stereocenters. The Morgan fingerprint density at radius 2 is 1.93 bits per heavy atom. The van der Waals surface area contributed by atoms with Gasteiger partial charge in [-0.3, -0.25) is 14.4 Å². The summed E-state index contributed by atoms with van der Waals surface area (Å²) in [5.41, 5.74) is 3.95. The second-order valence-electron chi connectivity index (χ2n) is 9.92. The van der Waals surface area contributed by atoms with E-state index in [0.717, 1.165) is 16.7 Å². The summed E-state index contributed by atoms with van der Waals surface area (Å²) in [5.74, 6) is 0.391. The molecular weight excluding hydrogens is 555 g/mol. The van der Waals surface area contributed by atoms with E-state index in [-0.39, 0.29) is 36.5 Å². The number of amides is 2. The average molecular weight is 585 g/mol. The minimum atomic E-state index is -0.512. The van der Waals surface area contributed by atoms with Crippen LogP contribution in [0.25, 0.3) is 0 Å². The van der Waals surface area contributed by atoms with Crippen molar-refractivity contribution >= 4 is 18.3 Å². The van der Waals surface area contributed by atoms with Crippen molar-refractivity contribution in [3.8, 4) is 17.2 Å². The number of hydrogen-bond donors (Lipinski definition) is 2. The van der Waals surface area contributed by atoms with Crippen molar-refractivity contribution in [2.45, 2.75) is 25.3 Å². The fourth-order valence-corrected chi connectivity index (χ4v) is 5.20. The van der Waals surface area contributed by atoms with Gasteiger partial charge in [0, 0.05) is 13.1 Å². The summed E-state index contributed by atoms with van der Waals surface area (Å²) in [6.07, 6.45) is 4.29. The van der Waals surface area contributed by atoms with Gasteiger partial charge in [-0.05, 0) is 77.6 Å². The van der Waals surface area contributed by atoms with Gasteiger partial charge >= 0.3 is 0 Å². The largest absolute Gasteiger partial charge is 0.494 e. The summed E-state index contributed by atoms with van der Waals surface area (Å²) in [4.78, 5) is 36.3. The number of benzene rings is 3. The quantitative estimate of drug-likeness (QED) is 0.316. The van der Waals surface area contributed by atoms with Crippen molar-refractivity contribution in [3.05, 3.63) is 113 Å². The van der Waals surface area contributed by atoms with Gasteiger partial charge in [0.25, 0.3) is 12.4 Å². The topological polar surface area (TPSA) is 131 Å². The van der Waals surface area contributed by atoms with Crippen LogP contribution in [-0.2, 0) is 22.4 Å². The number of rotatable bonds is 1. The van der Waals surface area contributed by atoms with Crippen LogP contribution < -0.4 is 14.8 Å². The first-order chi connectivity index (χ1) is 21.0. The van der Waals surface area contributed by atoms with Gasteiger partial charge in [-0.2, -0.15) is 10.2 Å². The van der Waals surface area contributed by atoms with E-state index < -0.39 is 5.82 Å². The molecule has 0 fully saturated rings. The summed E-state index contributed by atoms with van der Waals surface area (Å²) in [6, 6.07) is 19.0. The van der Waals surface area contributed by atoms with Crippen molar-refractivity contribution < 1.29 is 33.4 Å². The highest BCUT2D eigenvalue weighted by Gasteiger charge is 2.33. The number of carbonyl (C=O) groups excluding carboxylic acids is 2. The Hall–Kier alpha value is -5.32. The highest BCUT2D eigenvalue weighted by atomic mass is 19.1. The molecule has 0 aliphatic carbocycles. The van der Waals surface area contributed by atoms with Crippen LogP contribution in [0.15, 0.2) is 79.1 Å². The molecule has 0 spiro atoms. The van der Waals surface area contributed by atoms with Gasteiger partial charge in [0.2, 0.25) is 5.91 Å². The summed E-state index contributed by atoms with van der Waals surface area (Å²) in [6.45, 7) is 1.07. The molecule has 3 aliphatic rings. The molecule has 3 aromatic carbocycles. The third kappa shape index (κ3) is 6.95. The lowest BCUT2D eigenvalue weighted by Gasteiger charge is -2.38. The standard InChI is InChI=1S/C31H27FN4O4.CH2O2/c32-27-8-5-20-15-28(27)40-25-6-7-26-21(17-25)10-13-36(31(38)23-9-12-34-35-19-23)30(26)22-3-1-4-24(18-22)39-14-2-11-33-29(37)16-20;2-1-3/h1,3-9,12,15,17-19,30H,2,10-11,13-14,16H2,(H,33,37);1H,(H,2,3). The number of hydrogen-bond acceptors (Lipinski definition) is 7. The molecule has 11 heteroatoms. The van der Waals surface area contributed by atoms with Gasteiger partial charge in [-0.25, -0.2) is 4.39 Å². The van der Waals surface area contributed by atoms with Gasteiger partial charge in [0.05, 0.1) is 37.0 Å². The van der Waals surface area contributed by atoms with Gasteiger partial charge in [-0.1, -0.05) is 24.3 Å². The molecule has 220 valence electrons. The third-order valence-corrected chi connectivity index (χ3v) is 7.11. The number of ether oxygens (including phenoxy) is 2. The highest BCUT2D eigenvalue weighted by molar-refractivity contribution is 5.94. The predicted octanol–water partition coefficient (Wildman–Crippen LogP) is 4.34. The maximum atomic E-state index is 14.7. The SMILES string of the molecule is O=C1Cc2ccc(F)c(c2)Oc2ccc3c(c2)CCN(C(=O)c2ccnnc2)C3c2cccc(c2)OCCCN1.O=CO. The molecule has 2 amide bonds. The Morgan fingerprint density at radius 3 is 2.74 bits per heavy atom. The number of nitrogens with zero attached hydrogens (tertiary/aromatic N) is 3. The van der Waals surface area contributed by atoms with Gasteiger partial charge in [0.1, 0.15) is 11.5 Å². The summed E-state index contributed by atoms with van der Waals surface area (Å²) in [5, 5.41) is 17.5. The molecule has 2 N–H and O–H groups in total. The first-order valence-corrected chi connectivity index (χ1v) is 13.7. The summed E-state index contributed by atoms with van der Waals surface area (Å²) in [7, 11) is 0. The molecule has 8 bridgehead atoms. The smallest absolute Gasteiger partial charge is 0.290 e. The third-order valence-electron chi connectivity index (χ3n) is 7.11. The van der Waals surface area contributed by atoms with Crippen LogP contribution in [0.5, 0.6) is 17.2 Å². The monoisotopic (exact) mass is 584 g/mol. The normalized spacial score (nSPS) is 16.1. The highest BCUT2D eigenvalue weighted by Crippen LogP contribution is 2.39. The molecule has 1 aromatic heterocycles. The maximum absolute atomic E-state index is 14.7. The molecule has 1 unspecified atom stereocenters. The van der Waals surface area contributed by atoms with Crippen molar-refractivity contribution in [2.24, 2.45) is 0 Å². The lowest BCUT2D eigenvalue weighted by molar-refractivity contribution is -0.123. The zero-order valence-electron chi connectivity index (χ0n) is 23.1. The molecule has 7 rings (SSSR count). The van der Waals surface area contributed by atoms with E-state index >= 15 is 0 Å². The van der Waals surface area contributed by atoms with E-state index in [1.54, 1.807) is 24.3 Å². The number of nitrogens with one attached hydrogen (secondary N) is 1. The lowest BCUT2D eigenvalue weighted by Crippen LogP contribution is -2.40. The Morgan fingerprint density at radius 1 is 1.07 bits per heavy atom. The lowest BCUT2D eigenvalue weighted by atomic mass is 9.87. The fourth-order valence-electron chi connectivity index (χ4n) is 5.20. The van der Waals surface area contributed by atoms with Gasteiger partial charge in [-0.15, -0.1) is 0 Å². The molecule has 0 saturated carbocycles. The number of halogens is 1. The Balaban J connectivity index is 0.00000118. The van der Waals surface area contributed by atoms with Crippen molar-refractivity contribution in [1.82, 2.24) is 20.4 Å². The number of aromatic nitrogens is 2. The minimum absolute atomic E-state index is 0.0543. The van der Waals surface area contributed by atoms with Gasteiger partial charge < -0.3 is 24.8 Å². The average Bonchev–Trinajstić information content (AvgIpc) is 3.02. The van der Waals surface area contributed by atoms with Crippen LogP contribution in [0.3, 0.4) is 0 Å². The van der Waals surface area contributed by atoms with Crippen LogP contribution in [0.2, 0.25) is 0 Å². The van der Waals surface area contributed by atoms with Crippen LogP contribution >= 0.6 is 0 Å². The van der Waals surface area contributed by atoms with Crippen LogP contribution in [0, 0.1) is 5.82 Å². The maximum Gasteiger partial charge on any atom is 0.290 e. The van der Waals surface area contributed by atoms with Crippen LogP contribution in [-0.4, -0.2) is 58.2 Å². The molecule has 3 aliphatic heterocycles. The molecule has 10 nitrogen and oxygen atoms in total. The molecule has 4 aromatic rings. The van der Waals surface area contributed by atoms with Crippen molar-refractivity contribution in [1.29, 1.82) is 0 Å². The van der Waals surface area contributed by atoms with Crippen molar-refractivity contribution in [3.63, 3.8) is 0 Å². The molecular formula is C32H29FN4O6. The van der Waals surface area contributed by atoms with E-state index in [0.29, 0.717) is 55.2 Å². The number of carbonyl (C=O) groups is 3. The Bertz CT molecular complexity index is 1620. The van der Waals surface area contributed by atoms with Crippen LogP contribution in [0.4, 0.5) is 4.39 Å². The van der Waals surface area contributed by atoms with Crippen LogP contribution in [0.1, 0.15) is 45.1 Å². The van der Waals surface area contributed by atoms with Gasteiger partial charge in [0.15, 0.2) is 11.6 Å². The van der Waals surface area contributed by atoms with E-state index in [1.165, 1.54) is 18.5 Å². The van der Waals surface area contributed by atoms with E-state index in [9.17, 15) is 14.0 Å². The zero-order chi connectivity index (χ0) is 30.2. The Labute approximate surface area is 247 Å². The molecule has 43 heavy (non-hydrogen) atoms. The predicted molar refractivity (Wildman–Crippen MR) is 153 cm³/mol. The minimum Gasteiger partial charge on any atom is -0.494 e. The molecule has 0 radical (unpaired) electrons. The molecule has 0 saturated heterocycles. The second-order valence-corrected chi connectivity index (χ2v) is 9.92. The molecule has 4 heterocycles. The zero-order valence-corrected chi connectivity index (χ0v) is 23.1. The summed E-state index contributed by atoms with van der Waals surface area (Å²) < 4.78 is 26.7. The Kier molecular flexibility index (Phi) is 9.20. The van der Waals surface area contributed by atoms with E-state index in [2.05, 4.69) is 15.5 Å².